The minimum atomic E-state index is -0.226. The second kappa shape index (κ2) is 8.15. The summed E-state index contributed by atoms with van der Waals surface area (Å²) in [5, 5.41) is 14.5. The number of hydrogen-bond donors (Lipinski definition) is 1. The van der Waals surface area contributed by atoms with Crippen LogP contribution in [0.3, 0.4) is 0 Å². The number of fused-ring (bicyclic) bond motifs is 2. The van der Waals surface area contributed by atoms with Crippen molar-refractivity contribution in [1.82, 2.24) is 15.0 Å². The van der Waals surface area contributed by atoms with Crippen molar-refractivity contribution in [1.29, 1.82) is 0 Å². The molecule has 0 radical (unpaired) electrons. The lowest BCUT2D eigenvalue weighted by atomic mass is 10.1. The molecular weight excluding hydrogens is 400 g/mol. The molecule has 0 spiro atoms. The number of amides is 1. The van der Waals surface area contributed by atoms with Gasteiger partial charge in [0, 0.05) is 11.1 Å². The van der Waals surface area contributed by atoms with Gasteiger partial charge in [-0.3, -0.25) is 4.79 Å². The van der Waals surface area contributed by atoms with Crippen molar-refractivity contribution in [3.05, 3.63) is 90.0 Å². The molecule has 5 aromatic rings. The Labute approximate surface area is 185 Å². The van der Waals surface area contributed by atoms with Gasteiger partial charge in [0.15, 0.2) is 6.61 Å². The predicted molar refractivity (Wildman–Crippen MR) is 126 cm³/mol. The van der Waals surface area contributed by atoms with Gasteiger partial charge in [0.25, 0.3) is 5.91 Å². The lowest BCUT2D eigenvalue weighted by molar-refractivity contribution is -0.118. The molecule has 1 N–H and O–H groups in total. The summed E-state index contributed by atoms with van der Waals surface area (Å²) in [6.45, 7) is 3.86. The second-order valence-electron chi connectivity index (χ2n) is 7.80. The molecule has 5 rings (SSSR count). The number of carbonyl (C=O) groups excluding carboxylic acids is 1. The van der Waals surface area contributed by atoms with Crippen molar-refractivity contribution in [2.24, 2.45) is 0 Å². The topological polar surface area (TPSA) is 69.0 Å². The number of aromatic nitrogens is 3. The van der Waals surface area contributed by atoms with Crippen molar-refractivity contribution >= 4 is 33.4 Å². The van der Waals surface area contributed by atoms with E-state index in [0.29, 0.717) is 17.0 Å². The Kier molecular flexibility index (Phi) is 5.03. The largest absolute Gasteiger partial charge is 0.484 e. The van der Waals surface area contributed by atoms with Crippen molar-refractivity contribution in [3.8, 4) is 11.4 Å². The van der Waals surface area contributed by atoms with Crippen LogP contribution in [-0.4, -0.2) is 27.5 Å². The van der Waals surface area contributed by atoms with Crippen LogP contribution in [0.4, 0.5) is 5.69 Å². The molecule has 0 atom stereocenters. The number of carbonyl (C=O) groups is 1. The molecule has 158 valence electrons. The van der Waals surface area contributed by atoms with Gasteiger partial charge in [-0.1, -0.05) is 48.5 Å². The molecule has 1 amide bonds. The van der Waals surface area contributed by atoms with Crippen LogP contribution >= 0.6 is 0 Å². The van der Waals surface area contributed by atoms with Crippen molar-refractivity contribution in [3.63, 3.8) is 0 Å². The van der Waals surface area contributed by atoms with E-state index >= 15 is 0 Å². The molecule has 0 saturated heterocycles. The van der Waals surface area contributed by atoms with Crippen LogP contribution in [0.15, 0.2) is 78.9 Å². The van der Waals surface area contributed by atoms with Crippen LogP contribution in [0, 0.1) is 13.8 Å². The van der Waals surface area contributed by atoms with Gasteiger partial charge >= 0.3 is 0 Å². The van der Waals surface area contributed by atoms with E-state index in [1.807, 2.05) is 74.5 Å². The van der Waals surface area contributed by atoms with Gasteiger partial charge in [-0.25, -0.2) is 0 Å². The summed E-state index contributed by atoms with van der Waals surface area (Å²) in [6.07, 6.45) is 0. The van der Waals surface area contributed by atoms with E-state index < -0.39 is 0 Å². The average Bonchev–Trinajstić information content (AvgIpc) is 3.20. The Morgan fingerprint density at radius 1 is 0.906 bits per heavy atom. The third kappa shape index (κ3) is 3.90. The lowest BCUT2D eigenvalue weighted by Crippen LogP contribution is -2.20. The van der Waals surface area contributed by atoms with Crippen LogP contribution in [-0.2, 0) is 4.79 Å². The fourth-order valence-electron chi connectivity index (χ4n) is 3.73. The number of ether oxygens (including phenoxy) is 1. The molecule has 1 aromatic heterocycles. The normalized spacial score (nSPS) is 11.1. The molecule has 0 aliphatic carbocycles. The third-order valence-electron chi connectivity index (χ3n) is 5.34. The lowest BCUT2D eigenvalue weighted by Gasteiger charge is -2.10. The van der Waals surface area contributed by atoms with Gasteiger partial charge in [0.05, 0.1) is 5.69 Å². The van der Waals surface area contributed by atoms with Crippen molar-refractivity contribution in [2.45, 2.75) is 13.8 Å². The molecule has 0 unspecified atom stereocenters. The fourth-order valence-corrected chi connectivity index (χ4v) is 3.73. The van der Waals surface area contributed by atoms with E-state index in [-0.39, 0.29) is 12.5 Å². The number of anilines is 1. The predicted octanol–water partition coefficient (Wildman–Crippen LogP) is 5.21. The zero-order chi connectivity index (χ0) is 22.1. The molecule has 1 heterocycles. The summed E-state index contributed by atoms with van der Waals surface area (Å²) in [4.78, 5) is 14.1. The average molecular weight is 422 g/mol. The summed E-state index contributed by atoms with van der Waals surface area (Å²) in [5.74, 6) is 0.445. The van der Waals surface area contributed by atoms with Gasteiger partial charge in [0.1, 0.15) is 16.8 Å². The van der Waals surface area contributed by atoms with Crippen LogP contribution in [0.25, 0.3) is 27.5 Å². The quantitative estimate of drug-likeness (QED) is 0.422. The molecule has 6 heteroatoms. The first-order valence-corrected chi connectivity index (χ1v) is 10.4. The second-order valence-corrected chi connectivity index (χ2v) is 7.80. The number of aryl methyl sites for hydroxylation is 2. The molecule has 0 saturated carbocycles. The van der Waals surface area contributed by atoms with E-state index in [4.69, 9.17) is 4.74 Å². The number of hydrogen-bond acceptors (Lipinski definition) is 4. The maximum Gasteiger partial charge on any atom is 0.262 e. The molecule has 0 aliphatic heterocycles. The summed E-state index contributed by atoms with van der Waals surface area (Å²) < 4.78 is 5.61. The van der Waals surface area contributed by atoms with Gasteiger partial charge in [-0.05, 0) is 60.7 Å². The fraction of sp³-hybridized carbons (Fsp3) is 0.115. The van der Waals surface area contributed by atoms with Crippen molar-refractivity contribution < 1.29 is 9.53 Å². The zero-order valence-electron chi connectivity index (χ0n) is 17.9. The van der Waals surface area contributed by atoms with Gasteiger partial charge in [-0.15, -0.1) is 15.0 Å². The van der Waals surface area contributed by atoms with Gasteiger partial charge < -0.3 is 10.1 Å². The van der Waals surface area contributed by atoms with Crippen LogP contribution in [0.5, 0.6) is 5.75 Å². The van der Waals surface area contributed by atoms with E-state index in [0.717, 1.165) is 33.1 Å². The van der Waals surface area contributed by atoms with Gasteiger partial charge in [0.2, 0.25) is 0 Å². The SMILES string of the molecule is Cc1cccc(OCC(=O)Nc2cc3nn(-c4cccc5ccccc45)nc3cc2C)c1. The van der Waals surface area contributed by atoms with E-state index in [2.05, 4.69) is 33.7 Å². The molecule has 6 nitrogen and oxygen atoms in total. The van der Waals surface area contributed by atoms with Crippen LogP contribution in [0.2, 0.25) is 0 Å². The highest BCUT2D eigenvalue weighted by molar-refractivity contribution is 5.95. The third-order valence-corrected chi connectivity index (χ3v) is 5.34. The summed E-state index contributed by atoms with van der Waals surface area (Å²) in [6, 6.07) is 25.6. The van der Waals surface area contributed by atoms with E-state index in [1.165, 1.54) is 0 Å². The first-order valence-electron chi connectivity index (χ1n) is 10.4. The Balaban J connectivity index is 1.39. The Morgan fingerprint density at radius 3 is 2.50 bits per heavy atom. The molecule has 0 aliphatic rings. The number of benzene rings is 4. The monoisotopic (exact) mass is 422 g/mol. The van der Waals surface area contributed by atoms with Crippen molar-refractivity contribution in [2.75, 3.05) is 11.9 Å². The first-order chi connectivity index (χ1) is 15.6. The maximum atomic E-state index is 12.5. The Bertz CT molecular complexity index is 1450. The summed E-state index contributed by atoms with van der Waals surface area (Å²) in [5.41, 5.74) is 5.07. The molecule has 32 heavy (non-hydrogen) atoms. The molecular formula is C26H22N4O2. The highest BCUT2D eigenvalue weighted by Crippen LogP contribution is 2.25. The highest BCUT2D eigenvalue weighted by atomic mass is 16.5. The first kappa shape index (κ1) is 19.8. The number of nitrogens with one attached hydrogen (secondary N) is 1. The maximum absolute atomic E-state index is 12.5. The molecule has 0 bridgehead atoms. The summed E-state index contributed by atoms with van der Waals surface area (Å²) >= 11 is 0. The zero-order valence-corrected chi connectivity index (χ0v) is 17.9. The minimum absolute atomic E-state index is 0.0658. The molecule has 4 aromatic carbocycles. The van der Waals surface area contributed by atoms with E-state index in [1.54, 1.807) is 4.80 Å². The van der Waals surface area contributed by atoms with Crippen LogP contribution in [0.1, 0.15) is 11.1 Å². The Morgan fingerprint density at radius 2 is 1.66 bits per heavy atom. The number of rotatable bonds is 5. The minimum Gasteiger partial charge on any atom is -0.484 e. The summed E-state index contributed by atoms with van der Waals surface area (Å²) in [7, 11) is 0. The van der Waals surface area contributed by atoms with Gasteiger partial charge in [-0.2, -0.15) is 0 Å². The smallest absolute Gasteiger partial charge is 0.262 e. The van der Waals surface area contributed by atoms with E-state index in [9.17, 15) is 4.79 Å². The van der Waals surface area contributed by atoms with Crippen LogP contribution < -0.4 is 10.1 Å². The number of nitrogens with zero attached hydrogens (tertiary/aromatic N) is 3. The molecule has 0 fully saturated rings. The highest BCUT2D eigenvalue weighted by Gasteiger charge is 2.12. The standard InChI is InChI=1S/C26H22N4O2/c1-17-7-5-10-20(13-17)32-16-26(31)27-22-15-24-23(14-18(22)2)28-30(29-24)25-12-6-9-19-8-3-4-11-21(19)25/h3-15H,16H2,1-2H3,(H,27,31). The Hall–Kier alpha value is -4.19.